The molecular formula is C36H37FN6. The fourth-order valence-electron chi connectivity index (χ4n) is 6.03. The molecule has 0 radical (unpaired) electrons. The zero-order valence-electron chi connectivity index (χ0n) is 24.7. The Morgan fingerprint density at radius 2 is 1.95 bits per heavy atom. The normalized spacial score (nSPS) is 14.9. The van der Waals surface area contributed by atoms with E-state index in [0.29, 0.717) is 11.6 Å². The Bertz CT molecular complexity index is 1860. The number of allylic oxidation sites excluding steroid dienone is 5. The van der Waals surface area contributed by atoms with Gasteiger partial charge in [0.15, 0.2) is 5.65 Å². The Morgan fingerprint density at radius 1 is 1.12 bits per heavy atom. The molecule has 6 rings (SSSR count). The van der Waals surface area contributed by atoms with E-state index < -0.39 is 0 Å². The molecule has 218 valence electrons. The maximum absolute atomic E-state index is 14.3. The highest BCUT2D eigenvalue weighted by Crippen LogP contribution is 2.35. The van der Waals surface area contributed by atoms with Gasteiger partial charge in [0.05, 0.1) is 11.4 Å². The van der Waals surface area contributed by atoms with Gasteiger partial charge in [0, 0.05) is 39.4 Å². The number of aryl methyl sites for hydroxylation is 1. The molecule has 1 fully saturated rings. The van der Waals surface area contributed by atoms with Crippen LogP contribution in [0.25, 0.3) is 50.0 Å². The first kappa shape index (κ1) is 28.4. The van der Waals surface area contributed by atoms with Crippen molar-refractivity contribution < 1.29 is 4.39 Å². The van der Waals surface area contributed by atoms with Crippen LogP contribution in [0.1, 0.15) is 37.3 Å². The number of rotatable bonds is 9. The number of halogens is 1. The molecule has 0 amide bonds. The number of H-pyrrole nitrogens is 2. The van der Waals surface area contributed by atoms with E-state index in [4.69, 9.17) is 0 Å². The Morgan fingerprint density at radius 3 is 2.72 bits per heavy atom. The number of nitrogens with one attached hydrogen (secondary N) is 4. The van der Waals surface area contributed by atoms with Crippen LogP contribution in [0, 0.1) is 18.7 Å². The van der Waals surface area contributed by atoms with Crippen molar-refractivity contribution in [1.82, 2.24) is 30.8 Å². The van der Waals surface area contributed by atoms with Crippen molar-refractivity contribution in [2.45, 2.75) is 33.1 Å². The van der Waals surface area contributed by atoms with Gasteiger partial charge in [0.2, 0.25) is 0 Å². The van der Waals surface area contributed by atoms with Crippen LogP contribution in [0.4, 0.5) is 4.39 Å². The number of piperidine rings is 1. The monoisotopic (exact) mass is 572 g/mol. The van der Waals surface area contributed by atoms with Gasteiger partial charge in [-0.3, -0.25) is 5.10 Å². The highest BCUT2D eigenvalue weighted by molar-refractivity contribution is 6.01. The summed E-state index contributed by atoms with van der Waals surface area (Å²) in [5, 5.41) is 16.5. The fraction of sp³-hybridized carbons (Fsp3) is 0.222. The summed E-state index contributed by atoms with van der Waals surface area (Å²) in [4.78, 5) is 8.20. The Balaban J connectivity index is 1.31. The van der Waals surface area contributed by atoms with E-state index in [2.05, 4.69) is 68.2 Å². The highest BCUT2D eigenvalue weighted by atomic mass is 19.1. The molecule has 2 aromatic carbocycles. The maximum Gasteiger partial charge on any atom is 0.181 e. The fourth-order valence-corrected chi connectivity index (χ4v) is 6.03. The van der Waals surface area contributed by atoms with Crippen LogP contribution in [0.5, 0.6) is 0 Å². The molecule has 1 saturated heterocycles. The van der Waals surface area contributed by atoms with Crippen molar-refractivity contribution in [3.8, 4) is 22.5 Å². The van der Waals surface area contributed by atoms with E-state index >= 15 is 0 Å². The molecule has 43 heavy (non-hydrogen) atoms. The number of pyridine rings is 1. The quantitative estimate of drug-likeness (QED) is 0.134. The van der Waals surface area contributed by atoms with Crippen LogP contribution in [0.3, 0.4) is 0 Å². The van der Waals surface area contributed by atoms with Crippen molar-refractivity contribution in [3.63, 3.8) is 0 Å². The second kappa shape index (κ2) is 12.2. The molecule has 4 N–H and O–H groups in total. The second-order valence-corrected chi connectivity index (χ2v) is 11.3. The first-order chi connectivity index (χ1) is 20.9. The third kappa shape index (κ3) is 6.08. The van der Waals surface area contributed by atoms with Crippen molar-refractivity contribution in [2.75, 3.05) is 13.1 Å². The minimum atomic E-state index is -0.240. The minimum absolute atomic E-state index is 0.240. The average Bonchev–Trinajstić information content (AvgIpc) is 3.63. The Kier molecular flexibility index (Phi) is 8.07. The van der Waals surface area contributed by atoms with Crippen LogP contribution in [0.2, 0.25) is 0 Å². The predicted octanol–water partition coefficient (Wildman–Crippen LogP) is 8.19. The molecule has 0 aliphatic carbocycles. The number of hydrogen-bond acceptors (Lipinski definition) is 4. The van der Waals surface area contributed by atoms with Crippen LogP contribution in [-0.2, 0) is 0 Å². The predicted molar refractivity (Wildman–Crippen MR) is 176 cm³/mol. The molecular weight excluding hydrogens is 535 g/mol. The standard InChI is InChI=1S/C36H37FN6/c1-5-25(18-29(6-2)40-23(4)16-24-10-12-38-13-11-24)27-19-32-35(42-43-36(32)39-21-27)34-20-31-30(8-7-9-33(31)41-34)26-14-22(3)15-28(37)17-26/h5-9,14-15,17-21,24,38,40-41H,2,4,10-13,16H2,1,3H3,(H,39,42,43)/b25-5+,29-18+. The van der Waals surface area contributed by atoms with E-state index in [9.17, 15) is 4.39 Å². The molecule has 0 atom stereocenters. The maximum atomic E-state index is 14.3. The zero-order chi connectivity index (χ0) is 29.9. The van der Waals surface area contributed by atoms with E-state index in [1.807, 2.05) is 50.4 Å². The first-order valence-corrected chi connectivity index (χ1v) is 14.8. The molecule has 0 bridgehead atoms. The van der Waals surface area contributed by atoms with E-state index in [0.717, 1.165) is 86.4 Å². The summed E-state index contributed by atoms with van der Waals surface area (Å²) in [7, 11) is 0. The number of fused-ring (bicyclic) bond motifs is 2. The van der Waals surface area contributed by atoms with Gasteiger partial charge >= 0.3 is 0 Å². The molecule has 1 aliphatic heterocycles. The summed E-state index contributed by atoms with van der Waals surface area (Å²) in [6, 6.07) is 15.4. The summed E-state index contributed by atoms with van der Waals surface area (Å²) in [6.07, 6.45) is 11.1. The van der Waals surface area contributed by atoms with Crippen molar-refractivity contribution >= 4 is 27.5 Å². The average molecular weight is 573 g/mol. The third-order valence-electron chi connectivity index (χ3n) is 8.19. The van der Waals surface area contributed by atoms with Gasteiger partial charge in [0.1, 0.15) is 5.82 Å². The lowest BCUT2D eigenvalue weighted by atomic mass is 9.93. The largest absolute Gasteiger partial charge is 0.359 e. The zero-order valence-corrected chi connectivity index (χ0v) is 24.7. The Hall–Kier alpha value is -4.75. The summed E-state index contributed by atoms with van der Waals surface area (Å²) in [5.74, 6) is 0.411. The number of nitrogens with zero attached hydrogens (tertiary/aromatic N) is 2. The van der Waals surface area contributed by atoms with Crippen LogP contribution < -0.4 is 10.6 Å². The van der Waals surface area contributed by atoms with E-state index in [1.54, 1.807) is 12.1 Å². The van der Waals surface area contributed by atoms with Crippen LogP contribution in [-0.4, -0.2) is 33.3 Å². The summed E-state index contributed by atoms with van der Waals surface area (Å²) < 4.78 is 14.3. The third-order valence-corrected chi connectivity index (χ3v) is 8.19. The molecule has 6 nitrogen and oxygen atoms in total. The first-order valence-electron chi connectivity index (χ1n) is 14.8. The summed E-state index contributed by atoms with van der Waals surface area (Å²) >= 11 is 0. The van der Waals surface area contributed by atoms with Gasteiger partial charge in [-0.1, -0.05) is 37.4 Å². The van der Waals surface area contributed by atoms with Crippen LogP contribution in [0.15, 0.2) is 97.5 Å². The number of benzene rings is 2. The van der Waals surface area contributed by atoms with Gasteiger partial charge in [-0.2, -0.15) is 5.10 Å². The van der Waals surface area contributed by atoms with E-state index in [-0.39, 0.29) is 5.82 Å². The lowest BCUT2D eigenvalue weighted by molar-refractivity contribution is 0.368. The lowest BCUT2D eigenvalue weighted by Crippen LogP contribution is -2.28. The number of aromatic nitrogens is 4. The summed E-state index contributed by atoms with van der Waals surface area (Å²) in [6.45, 7) is 14.4. The van der Waals surface area contributed by atoms with Crippen molar-refractivity contribution in [2.24, 2.45) is 5.92 Å². The molecule has 1 aliphatic rings. The summed E-state index contributed by atoms with van der Waals surface area (Å²) in [5.41, 5.74) is 9.92. The van der Waals surface area contributed by atoms with E-state index in [1.165, 1.54) is 12.8 Å². The van der Waals surface area contributed by atoms with Gasteiger partial charge in [-0.25, -0.2) is 9.37 Å². The topological polar surface area (TPSA) is 81.4 Å². The Labute approximate surface area is 251 Å². The molecule has 7 heteroatoms. The molecule has 3 aromatic heterocycles. The lowest BCUT2D eigenvalue weighted by Gasteiger charge is -2.24. The van der Waals surface area contributed by atoms with Gasteiger partial charge in [-0.15, -0.1) is 0 Å². The minimum Gasteiger partial charge on any atom is -0.359 e. The van der Waals surface area contributed by atoms with Gasteiger partial charge < -0.3 is 15.6 Å². The van der Waals surface area contributed by atoms with Crippen molar-refractivity contribution in [3.05, 3.63) is 114 Å². The molecule has 0 unspecified atom stereocenters. The SMILES string of the molecule is C=C/C(=C\C(=C/C)c1cnc2n[nH]c(-c3cc4c(-c5cc(C)cc(F)c5)cccc4[nH]3)c2c1)NC(=C)CC1CCNCC1. The smallest absolute Gasteiger partial charge is 0.181 e. The molecule has 4 heterocycles. The highest BCUT2D eigenvalue weighted by Gasteiger charge is 2.16. The molecule has 0 saturated carbocycles. The second-order valence-electron chi connectivity index (χ2n) is 11.3. The molecule has 0 spiro atoms. The number of hydrogen-bond donors (Lipinski definition) is 4. The van der Waals surface area contributed by atoms with Crippen LogP contribution >= 0.6 is 0 Å². The number of aromatic amines is 2. The van der Waals surface area contributed by atoms with Crippen molar-refractivity contribution in [1.29, 1.82) is 0 Å². The van der Waals surface area contributed by atoms with Gasteiger partial charge in [-0.05, 0) is 117 Å². The van der Waals surface area contributed by atoms with Gasteiger partial charge in [0.25, 0.3) is 0 Å². The molecule has 5 aromatic rings.